The predicted molar refractivity (Wildman–Crippen MR) is 173 cm³/mol. The second-order valence-corrected chi connectivity index (χ2v) is 12.7. The molecule has 3 heterocycles. The van der Waals surface area contributed by atoms with Gasteiger partial charge in [-0.25, -0.2) is 4.72 Å². The summed E-state index contributed by atoms with van der Waals surface area (Å²) in [6.07, 6.45) is 7.53. The number of nitrogens with zero attached hydrogens (tertiary/aromatic N) is 4. The quantitative estimate of drug-likeness (QED) is 0.498. The van der Waals surface area contributed by atoms with Crippen molar-refractivity contribution < 1.29 is 22.7 Å². The molecule has 1 saturated heterocycles. The molecule has 2 aromatic rings. The minimum absolute atomic E-state index is 0.0838. The molecule has 1 unspecified atom stereocenters. The van der Waals surface area contributed by atoms with Crippen LogP contribution in [0, 0.1) is 0 Å². The smallest absolute Gasteiger partial charge is 0.303 e. The van der Waals surface area contributed by atoms with E-state index in [9.17, 15) is 18.0 Å². The fraction of sp³-hybridized carbons (Fsp3) is 0.469. The van der Waals surface area contributed by atoms with Gasteiger partial charge >= 0.3 is 10.2 Å². The van der Waals surface area contributed by atoms with Gasteiger partial charge in [0, 0.05) is 61.8 Å². The minimum Gasteiger partial charge on any atom is -0.378 e. The Morgan fingerprint density at radius 1 is 1.19 bits per heavy atom. The molecule has 11 heteroatoms. The van der Waals surface area contributed by atoms with Crippen molar-refractivity contribution in [3.63, 3.8) is 0 Å². The topological polar surface area (TPSA) is 113 Å². The average Bonchev–Trinajstić information content (AvgIpc) is 3.20. The van der Waals surface area contributed by atoms with Gasteiger partial charge in [0.15, 0.2) is 0 Å². The third-order valence-electron chi connectivity index (χ3n) is 7.42. The first-order valence-corrected chi connectivity index (χ1v) is 16.2. The number of allylic oxidation sites excluding steroid dienone is 4. The Kier molecular flexibility index (Phi) is 11.7. The molecule has 1 aromatic carbocycles. The average molecular weight is 612 g/mol. The number of ether oxygens (including phenoxy) is 1. The maximum absolute atomic E-state index is 13.7. The van der Waals surface area contributed by atoms with Crippen molar-refractivity contribution in [2.75, 3.05) is 47.4 Å². The second kappa shape index (κ2) is 14.8. The van der Waals surface area contributed by atoms with Crippen LogP contribution in [0.5, 0.6) is 0 Å². The SMILES string of the molecule is C=C/C=C1/C=C(C(=O)N2CCOCC2)Cn2c(c(C(C)CC)c3ccc(C(=O)NS(=O)(=O)N(C)C)cc32)C1=NC.CCC. The van der Waals surface area contributed by atoms with Crippen LogP contribution in [0.3, 0.4) is 0 Å². The molecule has 0 spiro atoms. The van der Waals surface area contributed by atoms with Crippen LogP contribution < -0.4 is 4.72 Å². The molecule has 0 bridgehead atoms. The number of fused-ring (bicyclic) bond motifs is 3. The van der Waals surface area contributed by atoms with Crippen LogP contribution in [0.15, 0.2) is 59.1 Å². The number of carbonyl (C=O) groups is 2. The standard InChI is InChI=1S/C29H37N5O5S.C3H8/c1-7-9-20-16-22(29(36)33-12-14-39-15-13-33)18-34-24-17-21(28(35)31-40(37,38)32(5)6)10-11-23(24)25(19(3)8-2)27(34)26(20)30-4;1-3-2/h7,9-11,16-17,19H,1,8,12-15,18H2,2-6H3,(H,31,35);3H2,1-2H3/b20-9-,30-26?;. The lowest BCUT2D eigenvalue weighted by Gasteiger charge is -2.28. The summed E-state index contributed by atoms with van der Waals surface area (Å²) >= 11 is 0. The zero-order valence-electron chi connectivity index (χ0n) is 26.4. The molecule has 0 saturated carbocycles. The number of nitrogens with one attached hydrogen (secondary N) is 1. The molecule has 234 valence electrons. The van der Waals surface area contributed by atoms with E-state index in [-0.39, 0.29) is 23.9 Å². The van der Waals surface area contributed by atoms with Gasteiger partial charge in [-0.1, -0.05) is 58.9 Å². The van der Waals surface area contributed by atoms with Gasteiger partial charge in [0.2, 0.25) is 0 Å². The highest BCUT2D eigenvalue weighted by molar-refractivity contribution is 7.87. The molecule has 2 aliphatic rings. The van der Waals surface area contributed by atoms with Crippen LogP contribution in [0.1, 0.15) is 68.1 Å². The Balaban J connectivity index is 0.00000162. The molecule has 4 rings (SSSR count). The highest BCUT2D eigenvalue weighted by Gasteiger charge is 2.31. The van der Waals surface area contributed by atoms with E-state index in [0.717, 1.165) is 44.2 Å². The number of aromatic nitrogens is 1. The van der Waals surface area contributed by atoms with Gasteiger partial charge in [0.1, 0.15) is 0 Å². The van der Waals surface area contributed by atoms with Crippen molar-refractivity contribution in [2.24, 2.45) is 4.99 Å². The number of amides is 2. The molecular formula is C32H45N5O5S. The molecule has 2 amide bonds. The van der Waals surface area contributed by atoms with Crippen molar-refractivity contribution in [1.29, 1.82) is 0 Å². The largest absolute Gasteiger partial charge is 0.378 e. The molecule has 0 radical (unpaired) electrons. The molecule has 1 fully saturated rings. The number of benzene rings is 1. The number of hydrogen-bond acceptors (Lipinski definition) is 6. The monoisotopic (exact) mass is 611 g/mol. The molecule has 2 aliphatic heterocycles. The van der Waals surface area contributed by atoms with E-state index in [1.807, 2.05) is 22.8 Å². The van der Waals surface area contributed by atoms with Gasteiger partial charge < -0.3 is 14.2 Å². The lowest BCUT2D eigenvalue weighted by Crippen LogP contribution is -2.41. The van der Waals surface area contributed by atoms with Gasteiger partial charge in [0.05, 0.1) is 31.2 Å². The summed E-state index contributed by atoms with van der Waals surface area (Å²) < 4.78 is 35.2. The first kappa shape index (κ1) is 34.0. The van der Waals surface area contributed by atoms with Crippen molar-refractivity contribution >= 4 is 38.6 Å². The molecule has 43 heavy (non-hydrogen) atoms. The van der Waals surface area contributed by atoms with Crippen molar-refractivity contribution in [3.8, 4) is 0 Å². The first-order valence-electron chi connectivity index (χ1n) is 14.7. The predicted octanol–water partition coefficient (Wildman–Crippen LogP) is 4.44. The Morgan fingerprint density at radius 2 is 1.84 bits per heavy atom. The van der Waals surface area contributed by atoms with Crippen LogP contribution in [-0.4, -0.2) is 87.2 Å². The maximum atomic E-state index is 13.7. The van der Waals surface area contributed by atoms with Crippen LogP contribution in [-0.2, 0) is 26.3 Å². The normalized spacial score (nSPS) is 18.0. The van der Waals surface area contributed by atoms with E-state index in [4.69, 9.17) is 4.74 Å². The van der Waals surface area contributed by atoms with Crippen LogP contribution in [0.25, 0.3) is 10.9 Å². The Labute approximate surface area is 256 Å². The summed E-state index contributed by atoms with van der Waals surface area (Å²) in [7, 11) is 0.454. The van der Waals surface area contributed by atoms with Gasteiger partial charge in [-0.3, -0.25) is 14.6 Å². The lowest BCUT2D eigenvalue weighted by atomic mass is 9.91. The maximum Gasteiger partial charge on any atom is 0.303 e. The number of aliphatic imine (C=N–C) groups is 1. The van der Waals surface area contributed by atoms with Crippen LogP contribution >= 0.6 is 0 Å². The van der Waals surface area contributed by atoms with Gasteiger partial charge in [-0.05, 0) is 36.1 Å². The third-order valence-corrected chi connectivity index (χ3v) is 8.83. The summed E-state index contributed by atoms with van der Waals surface area (Å²) in [5, 5.41) is 0.926. The van der Waals surface area contributed by atoms with Crippen molar-refractivity contribution in [2.45, 2.75) is 53.0 Å². The van der Waals surface area contributed by atoms with E-state index < -0.39 is 16.1 Å². The van der Waals surface area contributed by atoms with E-state index in [1.165, 1.54) is 20.5 Å². The Morgan fingerprint density at radius 3 is 2.40 bits per heavy atom. The zero-order chi connectivity index (χ0) is 31.9. The third kappa shape index (κ3) is 7.34. The zero-order valence-corrected chi connectivity index (χ0v) is 27.3. The molecule has 1 aromatic heterocycles. The Bertz CT molecular complexity index is 1560. The number of hydrogen-bond donors (Lipinski definition) is 1. The summed E-state index contributed by atoms with van der Waals surface area (Å²) in [5.41, 5.74) is 4.93. The Hall–Kier alpha value is -3.54. The minimum atomic E-state index is -3.97. The van der Waals surface area contributed by atoms with Gasteiger partial charge in [-0.2, -0.15) is 12.7 Å². The number of carbonyl (C=O) groups excluding carboxylic acids is 2. The fourth-order valence-electron chi connectivity index (χ4n) is 5.10. The van der Waals surface area contributed by atoms with E-state index in [1.54, 1.807) is 30.2 Å². The molecular weight excluding hydrogens is 566 g/mol. The summed E-state index contributed by atoms with van der Waals surface area (Å²) in [6.45, 7) is 14.6. The number of morpholine rings is 1. The van der Waals surface area contributed by atoms with E-state index in [0.29, 0.717) is 31.9 Å². The van der Waals surface area contributed by atoms with Gasteiger partial charge in [-0.15, -0.1) is 0 Å². The molecule has 10 nitrogen and oxygen atoms in total. The van der Waals surface area contributed by atoms with Crippen LogP contribution in [0.2, 0.25) is 0 Å². The first-order chi connectivity index (χ1) is 20.4. The van der Waals surface area contributed by atoms with E-state index >= 15 is 0 Å². The second-order valence-electron chi connectivity index (χ2n) is 10.8. The fourth-order valence-corrected chi connectivity index (χ4v) is 5.64. The summed E-state index contributed by atoms with van der Waals surface area (Å²) in [4.78, 5) is 33.2. The van der Waals surface area contributed by atoms with Crippen molar-refractivity contribution in [1.82, 2.24) is 18.5 Å². The van der Waals surface area contributed by atoms with Crippen LogP contribution in [0.4, 0.5) is 0 Å². The summed E-state index contributed by atoms with van der Waals surface area (Å²) in [5.74, 6) is -0.674. The van der Waals surface area contributed by atoms with Gasteiger partial charge in [0.25, 0.3) is 11.8 Å². The highest BCUT2D eigenvalue weighted by Crippen LogP contribution is 2.38. The molecule has 0 aliphatic carbocycles. The number of rotatable bonds is 7. The molecule has 1 atom stereocenters. The summed E-state index contributed by atoms with van der Waals surface area (Å²) in [6, 6.07) is 5.18. The molecule has 1 N–H and O–H groups in total. The lowest BCUT2D eigenvalue weighted by molar-refractivity contribution is -0.131. The van der Waals surface area contributed by atoms with E-state index in [2.05, 4.69) is 44.0 Å². The van der Waals surface area contributed by atoms with Crippen molar-refractivity contribution in [3.05, 3.63) is 71.0 Å². The highest BCUT2D eigenvalue weighted by atomic mass is 32.2.